The Morgan fingerprint density at radius 3 is 2.31 bits per heavy atom. The largest absolute Gasteiger partial charge is 0.507 e. The van der Waals surface area contributed by atoms with Crippen LogP contribution in [-0.4, -0.2) is 30.5 Å². The van der Waals surface area contributed by atoms with Gasteiger partial charge in [-0.1, -0.05) is 65.0 Å². The predicted octanol–water partition coefficient (Wildman–Crippen LogP) is 6.97. The molecule has 1 aliphatic heterocycles. The number of ether oxygens (including phenoxy) is 2. The molecule has 6 heteroatoms. The second kappa shape index (κ2) is 11.4. The average molecular weight is 528 g/mol. The smallest absolute Gasteiger partial charge is 0.300 e. The number of amides is 1. The van der Waals surface area contributed by atoms with Crippen molar-refractivity contribution in [3.8, 4) is 11.5 Å². The van der Waals surface area contributed by atoms with E-state index in [1.54, 1.807) is 37.4 Å². The minimum Gasteiger partial charge on any atom is -0.507 e. The minimum atomic E-state index is -0.808. The molecule has 204 valence electrons. The van der Waals surface area contributed by atoms with Crippen LogP contribution in [0.2, 0.25) is 0 Å². The van der Waals surface area contributed by atoms with Crippen molar-refractivity contribution >= 4 is 23.1 Å². The number of Topliss-reactive ketones (excluding diaryl/α,β-unsaturated/α-hetero) is 1. The first-order chi connectivity index (χ1) is 18.6. The van der Waals surface area contributed by atoms with Crippen LogP contribution in [0.3, 0.4) is 0 Å². The van der Waals surface area contributed by atoms with Crippen molar-refractivity contribution in [2.45, 2.75) is 58.9 Å². The van der Waals surface area contributed by atoms with Gasteiger partial charge in [0.25, 0.3) is 11.7 Å². The third-order valence-corrected chi connectivity index (χ3v) is 7.00. The SMILES string of the molecule is CCCOc1cccc(N2C(=O)C(=O)/C(=C(\O)c3ccc(OC)c(C(C)(C)C)c3)C2c2ccc(CC)cc2)c1. The second-order valence-electron chi connectivity index (χ2n) is 10.8. The maximum Gasteiger partial charge on any atom is 0.300 e. The number of rotatable bonds is 8. The Kier molecular flexibility index (Phi) is 8.14. The molecule has 1 unspecified atom stereocenters. The normalized spacial score (nSPS) is 17.0. The molecule has 0 saturated carbocycles. The molecule has 1 amide bonds. The van der Waals surface area contributed by atoms with Gasteiger partial charge in [-0.2, -0.15) is 0 Å². The van der Waals surface area contributed by atoms with Crippen molar-refractivity contribution in [3.05, 3.63) is 94.6 Å². The van der Waals surface area contributed by atoms with Gasteiger partial charge in [0.05, 0.1) is 25.3 Å². The monoisotopic (exact) mass is 527 g/mol. The summed E-state index contributed by atoms with van der Waals surface area (Å²) in [4.78, 5) is 28.6. The summed E-state index contributed by atoms with van der Waals surface area (Å²) in [7, 11) is 1.61. The topological polar surface area (TPSA) is 76.1 Å². The first-order valence-corrected chi connectivity index (χ1v) is 13.4. The molecule has 0 aliphatic carbocycles. The van der Waals surface area contributed by atoms with Crippen LogP contribution in [0.15, 0.2) is 72.3 Å². The highest BCUT2D eigenvalue weighted by atomic mass is 16.5. The summed E-state index contributed by atoms with van der Waals surface area (Å²) in [6.45, 7) is 10.8. The number of hydrogen-bond acceptors (Lipinski definition) is 5. The number of methoxy groups -OCH3 is 1. The van der Waals surface area contributed by atoms with Crippen molar-refractivity contribution in [2.24, 2.45) is 0 Å². The molecule has 0 aromatic heterocycles. The lowest BCUT2D eigenvalue weighted by Crippen LogP contribution is -2.29. The summed E-state index contributed by atoms with van der Waals surface area (Å²) >= 11 is 0. The van der Waals surface area contributed by atoms with Gasteiger partial charge in [0.2, 0.25) is 0 Å². The lowest BCUT2D eigenvalue weighted by molar-refractivity contribution is -0.132. The van der Waals surface area contributed by atoms with E-state index < -0.39 is 17.7 Å². The quantitative estimate of drug-likeness (QED) is 0.194. The average Bonchev–Trinajstić information content (AvgIpc) is 3.20. The van der Waals surface area contributed by atoms with Gasteiger partial charge < -0.3 is 14.6 Å². The van der Waals surface area contributed by atoms with Crippen molar-refractivity contribution in [1.29, 1.82) is 0 Å². The van der Waals surface area contributed by atoms with Crippen LogP contribution in [0.1, 0.15) is 69.3 Å². The third-order valence-electron chi connectivity index (χ3n) is 7.00. The first-order valence-electron chi connectivity index (χ1n) is 13.4. The summed E-state index contributed by atoms with van der Waals surface area (Å²) < 4.78 is 11.4. The van der Waals surface area contributed by atoms with E-state index >= 15 is 0 Å². The Morgan fingerprint density at radius 1 is 0.974 bits per heavy atom. The van der Waals surface area contributed by atoms with Crippen LogP contribution >= 0.6 is 0 Å². The molecule has 0 bridgehead atoms. The van der Waals surface area contributed by atoms with Gasteiger partial charge >= 0.3 is 0 Å². The molecule has 1 saturated heterocycles. The van der Waals surface area contributed by atoms with E-state index in [-0.39, 0.29) is 16.7 Å². The van der Waals surface area contributed by atoms with E-state index in [1.165, 1.54) is 4.90 Å². The molecule has 0 spiro atoms. The third kappa shape index (κ3) is 5.56. The summed E-state index contributed by atoms with van der Waals surface area (Å²) in [5.41, 5.74) is 3.51. The number of aliphatic hydroxyl groups excluding tert-OH is 1. The van der Waals surface area contributed by atoms with Crippen LogP contribution < -0.4 is 14.4 Å². The number of aliphatic hydroxyl groups is 1. The maximum atomic E-state index is 13.6. The van der Waals surface area contributed by atoms with Crippen molar-refractivity contribution in [3.63, 3.8) is 0 Å². The number of carbonyl (C=O) groups excluding carboxylic acids is 2. The Morgan fingerprint density at radius 2 is 1.69 bits per heavy atom. The van der Waals surface area contributed by atoms with Gasteiger partial charge in [-0.25, -0.2) is 0 Å². The Labute approximate surface area is 230 Å². The van der Waals surface area contributed by atoms with Gasteiger partial charge in [-0.05, 0) is 59.7 Å². The molecular weight excluding hydrogens is 490 g/mol. The molecule has 39 heavy (non-hydrogen) atoms. The van der Waals surface area contributed by atoms with E-state index in [0.717, 1.165) is 29.5 Å². The number of benzene rings is 3. The molecule has 3 aromatic rings. The zero-order valence-electron chi connectivity index (χ0n) is 23.6. The zero-order chi connectivity index (χ0) is 28.3. The zero-order valence-corrected chi connectivity index (χ0v) is 23.6. The standard InChI is InChI=1S/C33H37NO5/c1-7-18-39-25-11-9-10-24(20-25)34-29(22-14-12-21(8-2)13-15-22)28(31(36)32(34)37)30(35)23-16-17-27(38-6)26(19-23)33(3,4)5/h9-17,19-20,29,35H,7-8,18H2,1-6H3/b30-28-. The summed E-state index contributed by atoms with van der Waals surface area (Å²) in [6.07, 6.45) is 1.70. The molecule has 0 radical (unpaired) electrons. The summed E-state index contributed by atoms with van der Waals surface area (Å²) in [5.74, 6) is -0.341. The van der Waals surface area contributed by atoms with E-state index in [1.807, 2.05) is 43.3 Å². The lowest BCUT2D eigenvalue weighted by atomic mass is 9.84. The van der Waals surface area contributed by atoms with Crippen molar-refractivity contribution in [1.82, 2.24) is 0 Å². The van der Waals surface area contributed by atoms with Crippen molar-refractivity contribution in [2.75, 3.05) is 18.6 Å². The van der Waals surface area contributed by atoms with E-state index in [9.17, 15) is 14.7 Å². The number of carbonyl (C=O) groups is 2. The number of ketones is 1. The van der Waals surface area contributed by atoms with Crippen LogP contribution in [0, 0.1) is 0 Å². The van der Waals surface area contributed by atoms with Gasteiger partial charge in [0, 0.05) is 22.9 Å². The first kappa shape index (κ1) is 28.0. The van der Waals surface area contributed by atoms with Gasteiger partial charge in [0.1, 0.15) is 17.3 Å². The molecule has 1 aliphatic rings. The lowest BCUT2D eigenvalue weighted by Gasteiger charge is -2.26. The number of hydrogen-bond donors (Lipinski definition) is 1. The summed E-state index contributed by atoms with van der Waals surface area (Å²) in [6, 6.07) is 19.5. The minimum absolute atomic E-state index is 0.0501. The molecule has 1 N–H and O–H groups in total. The fourth-order valence-electron chi connectivity index (χ4n) is 4.89. The van der Waals surface area contributed by atoms with Gasteiger partial charge in [-0.3, -0.25) is 14.5 Å². The van der Waals surface area contributed by atoms with E-state index in [2.05, 4.69) is 27.7 Å². The molecule has 6 nitrogen and oxygen atoms in total. The molecular formula is C33H37NO5. The Hall–Kier alpha value is -4.06. The van der Waals surface area contributed by atoms with Crippen molar-refractivity contribution < 1.29 is 24.2 Å². The van der Waals surface area contributed by atoms with Crippen LogP contribution in [0.5, 0.6) is 11.5 Å². The number of aryl methyl sites for hydroxylation is 1. The molecule has 1 atom stereocenters. The van der Waals surface area contributed by atoms with E-state index in [4.69, 9.17) is 9.47 Å². The van der Waals surface area contributed by atoms with Gasteiger partial charge in [0.15, 0.2) is 0 Å². The highest BCUT2D eigenvalue weighted by molar-refractivity contribution is 6.51. The Bertz CT molecular complexity index is 1400. The molecule has 3 aromatic carbocycles. The molecule has 1 fully saturated rings. The van der Waals surface area contributed by atoms with Crippen LogP contribution in [-0.2, 0) is 21.4 Å². The molecule has 4 rings (SSSR count). The highest BCUT2D eigenvalue weighted by Gasteiger charge is 2.47. The predicted molar refractivity (Wildman–Crippen MR) is 155 cm³/mol. The van der Waals surface area contributed by atoms with Crippen LogP contribution in [0.25, 0.3) is 5.76 Å². The number of nitrogens with zero attached hydrogens (tertiary/aromatic N) is 1. The maximum absolute atomic E-state index is 13.6. The molecule has 1 heterocycles. The summed E-state index contributed by atoms with van der Waals surface area (Å²) in [5, 5.41) is 11.6. The number of anilines is 1. The second-order valence-corrected chi connectivity index (χ2v) is 10.8. The van der Waals surface area contributed by atoms with Gasteiger partial charge in [-0.15, -0.1) is 0 Å². The van der Waals surface area contributed by atoms with Crippen LogP contribution in [0.4, 0.5) is 5.69 Å². The van der Waals surface area contributed by atoms with E-state index in [0.29, 0.717) is 29.4 Å². The Balaban J connectivity index is 1.92. The highest BCUT2D eigenvalue weighted by Crippen LogP contribution is 2.43. The fraction of sp³-hybridized carbons (Fsp3) is 0.333. The fourth-order valence-corrected chi connectivity index (χ4v) is 4.89.